The highest BCUT2D eigenvalue weighted by molar-refractivity contribution is 5.88. The molecule has 5 nitrogen and oxygen atoms in total. The highest BCUT2D eigenvalue weighted by atomic mass is 19.3. The van der Waals surface area contributed by atoms with Crippen molar-refractivity contribution in [2.75, 3.05) is 26.2 Å². The van der Waals surface area contributed by atoms with Crippen LogP contribution < -0.4 is 5.32 Å². The number of nitrogens with one attached hydrogen (secondary N) is 1. The number of aromatic carboxylic acids is 1. The van der Waals surface area contributed by atoms with E-state index in [1.54, 1.807) is 6.07 Å². The average molecular weight is 733 g/mol. The Morgan fingerprint density at radius 1 is 1.00 bits per heavy atom. The molecule has 53 heavy (non-hydrogen) atoms. The SMILES string of the molecule is C#CC12CCC3(C(=O)NCCN4CCC(F)(F)CC4)CCC(C(=C)C)C3C1CCC1C3(C)CC=C(c4ccc(C(=O)O)cc4F)C(C)(C)C3CCC12C. The molecule has 5 aliphatic carbocycles. The molecule has 288 valence electrons. The zero-order valence-electron chi connectivity index (χ0n) is 32.4. The minimum Gasteiger partial charge on any atom is -0.478 e. The Balaban J connectivity index is 1.17. The number of carboxylic acid groups (broad SMARTS) is 1. The van der Waals surface area contributed by atoms with E-state index in [1.807, 2.05) is 4.90 Å². The standard InChI is InChI=1S/C45H59F3N2O3/c1-8-44-20-19-43(39(53)49-23-26-50-24-21-45(47,48)22-25-50)18-13-30(28(2)3)37(43)33(44)11-12-36-41(6)16-14-32(31-10-9-29(38(51)52)27-34(31)46)40(4,5)35(41)15-17-42(36,44)7/h1,9-10,14,27,30,33,35-37H,2,11-13,15-26H2,3-7H3,(H,49,53)(H,51,52). The second-order valence-corrected chi connectivity index (χ2v) is 19.0. The fourth-order valence-corrected chi connectivity index (χ4v) is 14.0. The van der Waals surface area contributed by atoms with Crippen LogP contribution in [0.4, 0.5) is 13.2 Å². The fourth-order valence-electron chi connectivity index (χ4n) is 14.0. The quantitative estimate of drug-likeness (QED) is 0.217. The molecular formula is C45H59F3N2O3. The van der Waals surface area contributed by atoms with E-state index in [0.29, 0.717) is 37.7 Å². The van der Waals surface area contributed by atoms with Crippen LogP contribution in [0.15, 0.2) is 36.4 Å². The van der Waals surface area contributed by atoms with Crippen LogP contribution in [0.25, 0.3) is 5.57 Å². The van der Waals surface area contributed by atoms with Gasteiger partial charge < -0.3 is 15.3 Å². The summed E-state index contributed by atoms with van der Waals surface area (Å²) in [7, 11) is 0. The molecule has 1 aromatic carbocycles. The number of hydrogen-bond acceptors (Lipinski definition) is 3. The Hall–Kier alpha value is -3.05. The van der Waals surface area contributed by atoms with Crippen molar-refractivity contribution in [1.29, 1.82) is 0 Å². The number of halogens is 3. The minimum atomic E-state index is -2.59. The smallest absolute Gasteiger partial charge is 0.335 e. The van der Waals surface area contributed by atoms with Crippen molar-refractivity contribution in [2.45, 2.75) is 111 Å². The van der Waals surface area contributed by atoms with Gasteiger partial charge in [0.05, 0.1) is 11.0 Å². The number of allylic oxidation sites excluding steroid dienone is 3. The van der Waals surface area contributed by atoms with Gasteiger partial charge >= 0.3 is 5.97 Å². The number of amides is 1. The maximum absolute atomic E-state index is 15.5. The molecule has 0 bridgehead atoms. The summed E-state index contributed by atoms with van der Waals surface area (Å²) in [6, 6.07) is 4.28. The predicted octanol–water partition coefficient (Wildman–Crippen LogP) is 9.64. The molecule has 4 saturated carbocycles. The van der Waals surface area contributed by atoms with E-state index >= 15 is 4.39 Å². The maximum Gasteiger partial charge on any atom is 0.335 e. The van der Waals surface area contributed by atoms with Gasteiger partial charge in [-0.3, -0.25) is 4.79 Å². The Kier molecular flexibility index (Phi) is 9.40. The van der Waals surface area contributed by atoms with E-state index in [0.717, 1.165) is 75.0 Å². The number of fused-ring (bicyclic) bond motifs is 7. The van der Waals surface area contributed by atoms with E-state index < -0.39 is 23.1 Å². The van der Waals surface area contributed by atoms with Crippen molar-refractivity contribution >= 4 is 17.4 Å². The summed E-state index contributed by atoms with van der Waals surface area (Å²) >= 11 is 0. The molecule has 0 aromatic heterocycles. The molecule has 1 heterocycles. The van der Waals surface area contributed by atoms with Gasteiger partial charge in [0.1, 0.15) is 5.82 Å². The Labute approximate surface area is 314 Å². The van der Waals surface area contributed by atoms with Gasteiger partial charge in [-0.05, 0) is 128 Å². The van der Waals surface area contributed by atoms with Gasteiger partial charge in [0.25, 0.3) is 5.92 Å². The number of nitrogens with zero attached hydrogens (tertiary/aromatic N) is 1. The van der Waals surface area contributed by atoms with Gasteiger partial charge in [0.15, 0.2) is 0 Å². The molecule has 1 saturated heterocycles. The van der Waals surface area contributed by atoms with Crippen molar-refractivity contribution in [1.82, 2.24) is 10.2 Å². The van der Waals surface area contributed by atoms with Gasteiger partial charge in [0.2, 0.25) is 5.91 Å². The molecule has 7 rings (SSSR count). The molecule has 2 N–H and O–H groups in total. The van der Waals surface area contributed by atoms with Crippen LogP contribution in [0.3, 0.4) is 0 Å². The largest absolute Gasteiger partial charge is 0.478 e. The highest BCUT2D eigenvalue weighted by Crippen LogP contribution is 2.77. The van der Waals surface area contributed by atoms with Crippen LogP contribution in [0.2, 0.25) is 0 Å². The van der Waals surface area contributed by atoms with Gasteiger partial charge in [-0.2, -0.15) is 0 Å². The molecule has 1 amide bonds. The second kappa shape index (κ2) is 13.0. The first-order valence-corrected chi connectivity index (χ1v) is 20.1. The Bertz CT molecular complexity index is 1750. The van der Waals surface area contributed by atoms with E-state index in [4.69, 9.17) is 6.42 Å². The van der Waals surface area contributed by atoms with Crippen LogP contribution in [0, 0.1) is 74.8 Å². The molecule has 0 spiro atoms. The number of carbonyl (C=O) groups is 2. The molecule has 1 aliphatic heterocycles. The first-order valence-electron chi connectivity index (χ1n) is 20.1. The third-order valence-corrected chi connectivity index (χ3v) is 16.6. The summed E-state index contributed by atoms with van der Waals surface area (Å²) in [5.74, 6) is 0.563. The third kappa shape index (κ3) is 5.67. The first kappa shape index (κ1) is 38.2. The van der Waals surface area contributed by atoms with Gasteiger partial charge in [-0.15, -0.1) is 6.42 Å². The number of alkyl halides is 2. The van der Waals surface area contributed by atoms with Crippen molar-refractivity contribution in [3.8, 4) is 12.3 Å². The minimum absolute atomic E-state index is 0.0487. The lowest BCUT2D eigenvalue weighted by Crippen LogP contribution is -2.67. The van der Waals surface area contributed by atoms with E-state index in [1.165, 1.54) is 6.07 Å². The fraction of sp³-hybridized carbons (Fsp3) is 0.689. The predicted molar refractivity (Wildman–Crippen MR) is 202 cm³/mol. The van der Waals surface area contributed by atoms with E-state index in [-0.39, 0.29) is 69.6 Å². The molecule has 1 aromatic rings. The normalized spacial score (nSPS) is 40.0. The Morgan fingerprint density at radius 3 is 2.36 bits per heavy atom. The van der Waals surface area contributed by atoms with E-state index in [9.17, 15) is 23.5 Å². The summed E-state index contributed by atoms with van der Waals surface area (Å²) in [6.45, 7) is 17.7. The summed E-state index contributed by atoms with van der Waals surface area (Å²) in [4.78, 5) is 28.1. The van der Waals surface area contributed by atoms with Crippen LogP contribution in [-0.2, 0) is 4.79 Å². The lowest BCUT2D eigenvalue weighted by atomic mass is 9.32. The lowest BCUT2D eigenvalue weighted by molar-refractivity contribution is -0.209. The highest BCUT2D eigenvalue weighted by Gasteiger charge is 2.72. The summed E-state index contributed by atoms with van der Waals surface area (Å²) in [6.07, 6.45) is 16.8. The maximum atomic E-state index is 15.5. The van der Waals surface area contributed by atoms with Crippen molar-refractivity contribution in [3.05, 3.63) is 53.4 Å². The van der Waals surface area contributed by atoms with Gasteiger partial charge in [-0.25, -0.2) is 18.0 Å². The van der Waals surface area contributed by atoms with Crippen molar-refractivity contribution in [2.24, 2.45) is 56.7 Å². The number of hydrogen-bond donors (Lipinski definition) is 2. The average Bonchev–Trinajstić information content (AvgIpc) is 3.50. The molecule has 6 aliphatic rings. The number of likely N-dealkylation sites (tertiary alicyclic amines) is 1. The summed E-state index contributed by atoms with van der Waals surface area (Å²) < 4.78 is 43.1. The van der Waals surface area contributed by atoms with E-state index in [2.05, 4.69) is 58.5 Å². The first-order chi connectivity index (χ1) is 24.9. The molecule has 0 radical (unpaired) electrons. The molecule has 9 unspecified atom stereocenters. The second-order valence-electron chi connectivity index (χ2n) is 19.0. The number of benzene rings is 1. The van der Waals surface area contributed by atoms with Crippen LogP contribution in [0.1, 0.15) is 121 Å². The summed E-state index contributed by atoms with van der Waals surface area (Å²) in [5.41, 5.74) is 1.09. The van der Waals surface area contributed by atoms with Crippen LogP contribution in [0.5, 0.6) is 0 Å². The van der Waals surface area contributed by atoms with Crippen LogP contribution in [-0.4, -0.2) is 54.0 Å². The van der Waals surface area contributed by atoms with Gasteiger partial charge in [0, 0.05) is 50.0 Å². The number of terminal acetylenes is 1. The Morgan fingerprint density at radius 2 is 1.72 bits per heavy atom. The van der Waals surface area contributed by atoms with Gasteiger partial charge in [-0.1, -0.05) is 57.9 Å². The third-order valence-electron chi connectivity index (χ3n) is 16.6. The topological polar surface area (TPSA) is 69.6 Å². The zero-order valence-corrected chi connectivity index (χ0v) is 32.4. The molecular weight excluding hydrogens is 674 g/mol. The lowest BCUT2D eigenvalue weighted by Gasteiger charge is -2.71. The number of carboxylic acids is 1. The number of rotatable bonds is 7. The monoisotopic (exact) mass is 732 g/mol. The van der Waals surface area contributed by atoms with Crippen molar-refractivity contribution < 1.29 is 27.9 Å². The molecule has 5 fully saturated rings. The number of carbonyl (C=O) groups excluding carboxylic acids is 1. The number of piperidine rings is 1. The summed E-state index contributed by atoms with van der Waals surface area (Å²) in [5, 5.41) is 12.7. The molecule has 9 atom stereocenters. The van der Waals surface area contributed by atoms with Crippen LogP contribution >= 0.6 is 0 Å². The van der Waals surface area contributed by atoms with Crippen molar-refractivity contribution in [3.63, 3.8) is 0 Å². The zero-order chi connectivity index (χ0) is 38.4. The molecule has 8 heteroatoms.